The van der Waals surface area contributed by atoms with Gasteiger partial charge in [0.15, 0.2) is 5.17 Å². The van der Waals surface area contributed by atoms with Crippen LogP contribution in [0.2, 0.25) is 0 Å². The van der Waals surface area contributed by atoms with Crippen LogP contribution < -0.4 is 10.1 Å². The molecule has 4 rings (SSSR count). The zero-order valence-electron chi connectivity index (χ0n) is 17.6. The van der Waals surface area contributed by atoms with Crippen molar-refractivity contribution < 1.29 is 18.3 Å². The van der Waals surface area contributed by atoms with E-state index in [0.29, 0.717) is 23.1 Å². The van der Waals surface area contributed by atoms with E-state index in [0.717, 1.165) is 45.5 Å². The van der Waals surface area contributed by atoms with Crippen LogP contribution in [0.1, 0.15) is 25.0 Å². The second-order valence-corrected chi connectivity index (χ2v) is 8.28. The zero-order valence-corrected chi connectivity index (χ0v) is 18.4. The molecule has 0 fully saturated rings. The summed E-state index contributed by atoms with van der Waals surface area (Å²) in [6, 6.07) is 8.27. The SMILES string of the molecule is CCOc1c(/C(C)=C/C(=O)NC2=NCCS2)cc2c(-c3ccc(F)cc3)coc2c1C. The highest BCUT2D eigenvalue weighted by molar-refractivity contribution is 8.14. The number of nitrogens with one attached hydrogen (secondary N) is 1. The van der Waals surface area contributed by atoms with Crippen molar-refractivity contribution >= 4 is 39.4 Å². The number of furan rings is 1. The van der Waals surface area contributed by atoms with Crippen LogP contribution in [-0.2, 0) is 4.79 Å². The number of aliphatic imine (C=N–C) groups is 1. The van der Waals surface area contributed by atoms with E-state index >= 15 is 0 Å². The molecule has 31 heavy (non-hydrogen) atoms. The summed E-state index contributed by atoms with van der Waals surface area (Å²) < 4.78 is 25.2. The van der Waals surface area contributed by atoms with Gasteiger partial charge in [-0.15, -0.1) is 0 Å². The molecule has 0 radical (unpaired) electrons. The van der Waals surface area contributed by atoms with Gasteiger partial charge in [0.05, 0.1) is 19.4 Å². The smallest absolute Gasteiger partial charge is 0.250 e. The molecule has 1 aliphatic heterocycles. The summed E-state index contributed by atoms with van der Waals surface area (Å²) in [7, 11) is 0. The molecule has 0 saturated heterocycles. The van der Waals surface area contributed by atoms with E-state index in [1.807, 2.05) is 26.8 Å². The normalized spacial score (nSPS) is 14.1. The van der Waals surface area contributed by atoms with E-state index in [9.17, 15) is 9.18 Å². The number of rotatable bonds is 5. The Kier molecular flexibility index (Phi) is 6.13. The highest BCUT2D eigenvalue weighted by Crippen LogP contribution is 2.40. The van der Waals surface area contributed by atoms with Gasteiger partial charge in [0, 0.05) is 33.9 Å². The van der Waals surface area contributed by atoms with Crippen molar-refractivity contribution in [2.75, 3.05) is 18.9 Å². The van der Waals surface area contributed by atoms with Crippen molar-refractivity contribution in [1.82, 2.24) is 5.32 Å². The number of halogens is 1. The second kappa shape index (κ2) is 8.98. The van der Waals surface area contributed by atoms with Gasteiger partial charge in [0.2, 0.25) is 5.91 Å². The van der Waals surface area contributed by atoms with Crippen LogP contribution in [0.5, 0.6) is 5.75 Å². The lowest BCUT2D eigenvalue weighted by atomic mass is 9.96. The average Bonchev–Trinajstić information content (AvgIpc) is 3.40. The summed E-state index contributed by atoms with van der Waals surface area (Å²) in [4.78, 5) is 16.8. The standard InChI is InChI=1S/C24H23FN2O3S/c1-4-29-22-15(3)23-19(20(13-30-23)16-5-7-17(25)8-6-16)12-18(22)14(2)11-21(28)27-24-26-9-10-31-24/h5-8,11-13H,4,9-10H2,1-3H3,(H,26,27,28)/b14-11+. The van der Waals surface area contributed by atoms with Gasteiger partial charge in [0.25, 0.3) is 0 Å². The van der Waals surface area contributed by atoms with Crippen LogP contribution in [0.15, 0.2) is 52.1 Å². The van der Waals surface area contributed by atoms with Crippen LogP contribution in [0.3, 0.4) is 0 Å². The predicted molar refractivity (Wildman–Crippen MR) is 124 cm³/mol. The topological polar surface area (TPSA) is 63.8 Å². The highest BCUT2D eigenvalue weighted by atomic mass is 32.2. The molecule has 1 aromatic heterocycles. The fourth-order valence-electron chi connectivity index (χ4n) is 3.62. The van der Waals surface area contributed by atoms with Gasteiger partial charge in [-0.3, -0.25) is 9.79 Å². The number of benzene rings is 2. The maximum absolute atomic E-state index is 13.4. The fraction of sp³-hybridized carbons (Fsp3) is 0.250. The maximum atomic E-state index is 13.4. The van der Waals surface area contributed by atoms with Gasteiger partial charge in [-0.25, -0.2) is 4.39 Å². The van der Waals surface area contributed by atoms with Gasteiger partial charge in [-0.1, -0.05) is 23.9 Å². The number of amidine groups is 1. The lowest BCUT2D eigenvalue weighted by Crippen LogP contribution is -2.25. The number of allylic oxidation sites excluding steroid dienone is 1. The Morgan fingerprint density at radius 3 is 2.81 bits per heavy atom. The third kappa shape index (κ3) is 4.37. The molecule has 5 nitrogen and oxygen atoms in total. The molecule has 2 heterocycles. The minimum absolute atomic E-state index is 0.225. The van der Waals surface area contributed by atoms with Crippen LogP contribution in [-0.4, -0.2) is 30.0 Å². The van der Waals surface area contributed by atoms with E-state index in [4.69, 9.17) is 9.15 Å². The molecule has 2 aromatic carbocycles. The van der Waals surface area contributed by atoms with Crippen molar-refractivity contribution in [2.24, 2.45) is 4.99 Å². The highest BCUT2D eigenvalue weighted by Gasteiger charge is 2.19. The van der Waals surface area contributed by atoms with E-state index in [1.165, 1.54) is 23.9 Å². The number of amides is 1. The molecule has 160 valence electrons. The Labute approximate surface area is 184 Å². The Morgan fingerprint density at radius 2 is 2.13 bits per heavy atom. The third-order valence-electron chi connectivity index (χ3n) is 5.08. The molecule has 0 aliphatic carbocycles. The van der Waals surface area contributed by atoms with Crippen molar-refractivity contribution in [3.63, 3.8) is 0 Å². The van der Waals surface area contributed by atoms with E-state index in [-0.39, 0.29) is 11.7 Å². The molecule has 0 bridgehead atoms. The first kappa shape index (κ1) is 21.2. The minimum Gasteiger partial charge on any atom is -0.493 e. The molecule has 1 N–H and O–H groups in total. The number of thioether (sulfide) groups is 1. The first-order valence-electron chi connectivity index (χ1n) is 10.1. The first-order chi connectivity index (χ1) is 15.0. The fourth-order valence-corrected chi connectivity index (χ4v) is 4.35. The predicted octanol–water partition coefficient (Wildman–Crippen LogP) is 5.57. The number of hydrogen-bond donors (Lipinski definition) is 1. The molecule has 1 aliphatic rings. The number of aryl methyl sites for hydroxylation is 1. The molecule has 0 atom stereocenters. The Hall–Kier alpha value is -3.06. The van der Waals surface area contributed by atoms with Gasteiger partial charge < -0.3 is 14.5 Å². The van der Waals surface area contributed by atoms with Crippen LogP contribution in [0.25, 0.3) is 27.7 Å². The van der Waals surface area contributed by atoms with Crippen LogP contribution >= 0.6 is 11.8 Å². The molecule has 7 heteroatoms. The molecular weight excluding hydrogens is 415 g/mol. The average molecular weight is 439 g/mol. The number of fused-ring (bicyclic) bond motifs is 1. The third-order valence-corrected chi connectivity index (χ3v) is 5.97. The van der Waals surface area contributed by atoms with E-state index in [1.54, 1.807) is 24.5 Å². The molecule has 3 aromatic rings. The lowest BCUT2D eigenvalue weighted by Gasteiger charge is -2.15. The Morgan fingerprint density at radius 1 is 1.35 bits per heavy atom. The van der Waals surface area contributed by atoms with Crippen LogP contribution in [0, 0.1) is 12.7 Å². The molecule has 1 amide bonds. The number of ether oxygens (including phenoxy) is 1. The Bertz CT molecular complexity index is 1200. The van der Waals surface area contributed by atoms with Crippen molar-refractivity contribution in [3.8, 4) is 16.9 Å². The largest absolute Gasteiger partial charge is 0.493 e. The van der Waals surface area contributed by atoms with Crippen LogP contribution in [0.4, 0.5) is 4.39 Å². The van der Waals surface area contributed by atoms with Gasteiger partial charge in [-0.2, -0.15) is 0 Å². The molecule has 0 saturated carbocycles. The number of nitrogens with zero attached hydrogens (tertiary/aromatic N) is 1. The van der Waals surface area contributed by atoms with E-state index in [2.05, 4.69) is 10.3 Å². The van der Waals surface area contributed by atoms with Gasteiger partial charge >= 0.3 is 0 Å². The summed E-state index contributed by atoms with van der Waals surface area (Å²) in [6.07, 6.45) is 3.23. The second-order valence-electron chi connectivity index (χ2n) is 7.20. The zero-order chi connectivity index (χ0) is 22.0. The monoisotopic (exact) mass is 438 g/mol. The lowest BCUT2D eigenvalue weighted by molar-refractivity contribution is -0.115. The van der Waals surface area contributed by atoms with Crippen molar-refractivity contribution in [3.05, 3.63) is 59.6 Å². The molecule has 0 unspecified atom stereocenters. The van der Waals surface area contributed by atoms with Crippen molar-refractivity contribution in [1.29, 1.82) is 0 Å². The maximum Gasteiger partial charge on any atom is 0.250 e. The number of carbonyl (C=O) groups is 1. The molecular formula is C24H23FN2O3S. The summed E-state index contributed by atoms with van der Waals surface area (Å²) in [6.45, 7) is 6.94. The Balaban J connectivity index is 1.79. The van der Waals surface area contributed by atoms with Gasteiger partial charge in [0.1, 0.15) is 17.1 Å². The summed E-state index contributed by atoms with van der Waals surface area (Å²) in [5, 5.41) is 4.36. The summed E-state index contributed by atoms with van der Waals surface area (Å²) in [5.41, 5.74) is 4.85. The quantitative estimate of drug-likeness (QED) is 0.529. The minimum atomic E-state index is -0.290. The van der Waals surface area contributed by atoms with Crippen molar-refractivity contribution in [2.45, 2.75) is 20.8 Å². The summed E-state index contributed by atoms with van der Waals surface area (Å²) in [5.74, 6) is 1.05. The van der Waals surface area contributed by atoms with E-state index < -0.39 is 0 Å². The summed E-state index contributed by atoms with van der Waals surface area (Å²) >= 11 is 1.54. The first-order valence-corrected chi connectivity index (χ1v) is 11.1. The molecule has 0 spiro atoms. The number of hydrogen-bond acceptors (Lipinski definition) is 5. The number of carbonyl (C=O) groups excluding carboxylic acids is 1. The van der Waals surface area contributed by atoms with Gasteiger partial charge in [-0.05, 0) is 50.1 Å².